The van der Waals surface area contributed by atoms with Gasteiger partial charge < -0.3 is 0 Å². The van der Waals surface area contributed by atoms with Crippen LogP contribution in [0, 0.1) is 0 Å². The fourth-order valence-electron chi connectivity index (χ4n) is 2.94. The van der Waals surface area contributed by atoms with E-state index in [1.165, 1.54) is 56.1 Å². The van der Waals surface area contributed by atoms with E-state index in [1.54, 1.807) is 5.56 Å². The molecule has 0 nitrogen and oxygen atoms in total. The fourth-order valence-corrected chi connectivity index (χ4v) is 2.94. The van der Waals surface area contributed by atoms with Crippen LogP contribution in [-0.4, -0.2) is 0 Å². The van der Waals surface area contributed by atoms with E-state index in [0.29, 0.717) is 0 Å². The van der Waals surface area contributed by atoms with Crippen LogP contribution >= 0.6 is 0 Å². The Labute approximate surface area is 127 Å². The van der Waals surface area contributed by atoms with Crippen molar-refractivity contribution in [1.82, 2.24) is 0 Å². The lowest BCUT2D eigenvalue weighted by Gasteiger charge is -2.23. The van der Waals surface area contributed by atoms with Crippen LogP contribution in [0.3, 0.4) is 0 Å². The quantitative estimate of drug-likeness (QED) is 0.478. The van der Waals surface area contributed by atoms with Gasteiger partial charge in [-0.25, -0.2) is 0 Å². The van der Waals surface area contributed by atoms with E-state index in [1.807, 2.05) is 0 Å². The van der Waals surface area contributed by atoms with Crippen LogP contribution in [0.2, 0.25) is 0 Å². The summed E-state index contributed by atoms with van der Waals surface area (Å²) in [6.07, 6.45) is 10.7. The Bertz CT molecular complexity index is 382. The number of unbranched alkanes of at least 4 members (excludes halogenated alkanes) is 5. The van der Waals surface area contributed by atoms with Crippen LogP contribution in [-0.2, 0) is 18.3 Å². The molecule has 20 heavy (non-hydrogen) atoms. The maximum absolute atomic E-state index is 2.45. The molecule has 1 aromatic rings. The van der Waals surface area contributed by atoms with Crippen LogP contribution in [0.4, 0.5) is 0 Å². The predicted octanol–water partition coefficient (Wildman–Crippen LogP) is 6.45. The average Bonchev–Trinajstić information content (AvgIpc) is 2.41. The Morgan fingerprint density at radius 1 is 0.850 bits per heavy atom. The van der Waals surface area contributed by atoms with E-state index in [2.05, 4.69) is 52.8 Å². The predicted molar refractivity (Wildman–Crippen MR) is 91.6 cm³/mol. The molecule has 0 aliphatic rings. The third kappa shape index (κ3) is 5.69. The molecule has 0 radical (unpaired) electrons. The topological polar surface area (TPSA) is 0 Å². The minimum atomic E-state index is 0.268. The molecule has 114 valence electrons. The highest BCUT2D eigenvalue weighted by molar-refractivity contribution is 5.36. The molecule has 0 bridgehead atoms. The zero-order chi connectivity index (χ0) is 15.0. The van der Waals surface area contributed by atoms with E-state index in [4.69, 9.17) is 0 Å². The molecule has 0 aliphatic heterocycles. The van der Waals surface area contributed by atoms with E-state index < -0.39 is 0 Å². The molecule has 0 saturated carbocycles. The lowest BCUT2D eigenvalue weighted by molar-refractivity contribution is 0.582. The molecule has 1 aromatic carbocycles. The van der Waals surface area contributed by atoms with Crippen LogP contribution in [0.5, 0.6) is 0 Å². The van der Waals surface area contributed by atoms with Crippen molar-refractivity contribution in [1.29, 1.82) is 0 Å². The van der Waals surface area contributed by atoms with Gasteiger partial charge in [0.15, 0.2) is 0 Å². The van der Waals surface area contributed by atoms with Gasteiger partial charge in [0.05, 0.1) is 0 Å². The molecule has 0 amide bonds. The van der Waals surface area contributed by atoms with Gasteiger partial charge in [-0.2, -0.15) is 0 Å². The maximum Gasteiger partial charge on any atom is -0.0129 e. The fraction of sp³-hybridized carbons (Fsp3) is 0.700. The van der Waals surface area contributed by atoms with Crippen molar-refractivity contribution in [2.75, 3.05) is 0 Å². The lowest BCUT2D eigenvalue weighted by Crippen LogP contribution is -2.14. The highest BCUT2D eigenvalue weighted by Gasteiger charge is 2.17. The zero-order valence-electron chi connectivity index (χ0n) is 14.4. The molecule has 0 fully saturated rings. The first-order valence-corrected chi connectivity index (χ1v) is 8.61. The Morgan fingerprint density at radius 2 is 1.50 bits per heavy atom. The van der Waals surface area contributed by atoms with Gasteiger partial charge >= 0.3 is 0 Å². The smallest absolute Gasteiger partial charge is 0.0129 e. The largest absolute Gasteiger partial charge is 0.0654 e. The molecular formula is C20H34. The summed E-state index contributed by atoms with van der Waals surface area (Å²) in [7, 11) is 0. The Kier molecular flexibility index (Phi) is 7.34. The van der Waals surface area contributed by atoms with Crippen molar-refractivity contribution in [3.63, 3.8) is 0 Å². The minimum Gasteiger partial charge on any atom is -0.0654 e. The van der Waals surface area contributed by atoms with Crippen LogP contribution in [0.1, 0.15) is 89.8 Å². The second kappa shape index (κ2) is 8.49. The van der Waals surface area contributed by atoms with E-state index >= 15 is 0 Å². The van der Waals surface area contributed by atoms with Gasteiger partial charge in [-0.1, -0.05) is 84.9 Å². The zero-order valence-corrected chi connectivity index (χ0v) is 14.4. The van der Waals surface area contributed by atoms with E-state index in [9.17, 15) is 0 Å². The summed E-state index contributed by atoms with van der Waals surface area (Å²) in [5, 5.41) is 0. The summed E-state index contributed by atoms with van der Waals surface area (Å²) >= 11 is 0. The number of rotatable bonds is 8. The minimum absolute atomic E-state index is 0.268. The molecular weight excluding hydrogens is 240 g/mol. The van der Waals surface area contributed by atoms with Crippen molar-refractivity contribution in [2.45, 2.75) is 91.4 Å². The third-order valence-electron chi connectivity index (χ3n) is 4.18. The first-order valence-electron chi connectivity index (χ1n) is 8.61. The van der Waals surface area contributed by atoms with Gasteiger partial charge in [0.2, 0.25) is 0 Å². The standard InChI is InChI=1S/C20H34/c1-6-8-9-10-11-12-13-17-14-15-19(20(3,4)5)18(7-2)16-17/h14-16H,6-13H2,1-5H3. The summed E-state index contributed by atoms with van der Waals surface area (Å²) in [6, 6.07) is 7.17. The van der Waals surface area contributed by atoms with Crippen molar-refractivity contribution in [3.05, 3.63) is 34.9 Å². The lowest BCUT2D eigenvalue weighted by atomic mass is 9.82. The van der Waals surface area contributed by atoms with Crippen molar-refractivity contribution in [2.24, 2.45) is 0 Å². The van der Waals surface area contributed by atoms with Crippen molar-refractivity contribution < 1.29 is 0 Å². The highest BCUT2D eigenvalue weighted by atomic mass is 14.2. The molecule has 0 saturated heterocycles. The van der Waals surface area contributed by atoms with Gasteiger partial charge in [-0.05, 0) is 41.4 Å². The van der Waals surface area contributed by atoms with Crippen molar-refractivity contribution in [3.8, 4) is 0 Å². The first kappa shape index (κ1) is 17.3. The summed E-state index contributed by atoms with van der Waals surface area (Å²) in [5.41, 5.74) is 4.86. The summed E-state index contributed by atoms with van der Waals surface area (Å²) in [4.78, 5) is 0. The number of aryl methyl sites for hydroxylation is 2. The summed E-state index contributed by atoms with van der Waals surface area (Å²) in [6.45, 7) is 11.5. The van der Waals surface area contributed by atoms with Crippen LogP contribution in [0.25, 0.3) is 0 Å². The summed E-state index contributed by atoms with van der Waals surface area (Å²) in [5.74, 6) is 0. The van der Waals surface area contributed by atoms with E-state index in [0.717, 1.165) is 6.42 Å². The molecule has 0 spiro atoms. The normalized spacial score (nSPS) is 11.8. The van der Waals surface area contributed by atoms with Gasteiger partial charge in [-0.15, -0.1) is 0 Å². The first-order chi connectivity index (χ1) is 9.49. The Balaban J connectivity index is 2.52. The number of hydrogen-bond acceptors (Lipinski definition) is 0. The molecule has 0 unspecified atom stereocenters. The van der Waals surface area contributed by atoms with Gasteiger partial charge in [0, 0.05) is 0 Å². The second-order valence-electron chi connectivity index (χ2n) is 7.11. The average molecular weight is 274 g/mol. The molecule has 0 heteroatoms. The molecule has 0 aliphatic carbocycles. The SMILES string of the molecule is CCCCCCCCc1ccc(C(C)(C)C)c(CC)c1. The highest BCUT2D eigenvalue weighted by Crippen LogP contribution is 2.27. The van der Waals surface area contributed by atoms with Gasteiger partial charge in [-0.3, -0.25) is 0 Å². The van der Waals surface area contributed by atoms with Gasteiger partial charge in [0.1, 0.15) is 0 Å². The molecule has 0 heterocycles. The van der Waals surface area contributed by atoms with Crippen LogP contribution in [0.15, 0.2) is 18.2 Å². The summed E-state index contributed by atoms with van der Waals surface area (Å²) < 4.78 is 0. The molecule has 0 atom stereocenters. The molecule has 1 rings (SSSR count). The Hall–Kier alpha value is -0.780. The van der Waals surface area contributed by atoms with Crippen LogP contribution < -0.4 is 0 Å². The maximum atomic E-state index is 2.45. The number of hydrogen-bond donors (Lipinski definition) is 0. The third-order valence-corrected chi connectivity index (χ3v) is 4.18. The van der Waals surface area contributed by atoms with E-state index in [-0.39, 0.29) is 5.41 Å². The van der Waals surface area contributed by atoms with Crippen molar-refractivity contribution >= 4 is 0 Å². The number of benzene rings is 1. The Morgan fingerprint density at radius 3 is 2.10 bits per heavy atom. The molecule has 0 N–H and O–H groups in total. The monoisotopic (exact) mass is 274 g/mol. The van der Waals surface area contributed by atoms with Gasteiger partial charge in [0.25, 0.3) is 0 Å². The molecule has 0 aromatic heterocycles. The second-order valence-corrected chi connectivity index (χ2v) is 7.11.